The summed E-state index contributed by atoms with van der Waals surface area (Å²) in [5.74, 6) is -10.1. The fraction of sp³-hybridized carbons (Fsp3) is 0.593. The molecule has 2 rings (SSSR count). The van der Waals surface area contributed by atoms with E-state index in [4.69, 9.17) is 22.3 Å². The zero-order valence-electron chi connectivity index (χ0n) is 46.3. The fourth-order valence-electron chi connectivity index (χ4n) is 8.22. The van der Waals surface area contributed by atoms with E-state index < -0.39 is 126 Å². The highest BCUT2D eigenvalue weighted by atomic mass is 32.1. The first-order valence-electron chi connectivity index (χ1n) is 26.9. The number of carboxylic acid groups (broad SMARTS) is 2. The molecule has 18 N–H and O–H groups in total. The van der Waals surface area contributed by atoms with Crippen LogP contribution >= 0.6 is 12.6 Å². The van der Waals surface area contributed by atoms with E-state index in [-0.39, 0.29) is 81.4 Å². The standard InChI is InChI=1S/C54H85N11O14S/c1-30(2)25-39(61-52(76)43(29-80)64-50(74)40(28-34-17-19-35(67)20-18-34)60-46(70)36(57)21-22-44(68)69)49(73)58-37(15-9-11-23-55)47(71)62-41(27-33-13-7-6-8-14-33)51(75)65-45(32(5)66)53(77)59-38(16-10-12-24-56)48(72)63-42(54(78)79)26-31(3)4/h6-8,13-14,17-20,30-32,36-43,45,66-67,80H,9-12,15-16,21-29,55-57H2,1-5H3,(H,58,73)(H,59,77)(H,60,70)(H,61,76)(H,62,71)(H,63,72)(H,64,74)(H,65,75)(H,68,69)(H,78,79). The van der Waals surface area contributed by atoms with Gasteiger partial charge in [0.2, 0.25) is 47.3 Å². The largest absolute Gasteiger partial charge is 0.508 e. The number of nitrogens with two attached hydrogens (primary N) is 3. The van der Waals surface area contributed by atoms with Gasteiger partial charge in [-0.15, -0.1) is 0 Å². The van der Waals surface area contributed by atoms with Crippen molar-refractivity contribution in [3.63, 3.8) is 0 Å². The van der Waals surface area contributed by atoms with E-state index >= 15 is 0 Å². The van der Waals surface area contributed by atoms with Crippen molar-refractivity contribution in [3.05, 3.63) is 65.7 Å². The number of nitrogens with one attached hydrogen (secondary N) is 8. The molecule has 0 saturated heterocycles. The number of aromatic hydroxyl groups is 1. The molecule has 0 saturated carbocycles. The highest BCUT2D eigenvalue weighted by molar-refractivity contribution is 7.80. The third kappa shape index (κ3) is 25.9. The Hall–Kier alpha value is -6.87. The molecule has 80 heavy (non-hydrogen) atoms. The molecule has 10 unspecified atom stereocenters. The SMILES string of the molecule is CC(C)CC(NC(=O)C(CCCCN)NC(=O)C(NC(=O)C(Cc1ccccc1)NC(=O)C(CCCCN)NC(=O)C(CC(C)C)NC(=O)C(CS)NC(=O)C(Cc1ccc(O)cc1)NC(=O)C(N)CCC(=O)O)C(C)O)C(=O)O. The zero-order chi connectivity index (χ0) is 60.1. The molecule has 446 valence electrons. The van der Waals surface area contributed by atoms with Crippen molar-refractivity contribution in [3.8, 4) is 5.75 Å². The summed E-state index contributed by atoms with van der Waals surface area (Å²) in [4.78, 5) is 135. The van der Waals surface area contributed by atoms with Crippen LogP contribution in [0.4, 0.5) is 0 Å². The van der Waals surface area contributed by atoms with E-state index in [0.29, 0.717) is 36.8 Å². The monoisotopic (exact) mass is 1140 g/mol. The highest BCUT2D eigenvalue weighted by Crippen LogP contribution is 2.15. The molecule has 0 aliphatic rings. The molecular formula is C54H85N11O14S. The first-order chi connectivity index (χ1) is 37.8. The number of phenols is 1. The van der Waals surface area contributed by atoms with Crippen LogP contribution in [0.5, 0.6) is 5.75 Å². The van der Waals surface area contributed by atoms with Gasteiger partial charge < -0.3 is 80.2 Å². The number of aliphatic hydroxyl groups excluding tert-OH is 1. The molecule has 10 atom stereocenters. The van der Waals surface area contributed by atoms with Crippen molar-refractivity contribution in [1.82, 2.24) is 42.5 Å². The third-order valence-electron chi connectivity index (χ3n) is 12.6. The van der Waals surface area contributed by atoms with E-state index in [2.05, 4.69) is 55.2 Å². The first kappa shape index (κ1) is 69.2. The van der Waals surface area contributed by atoms with Gasteiger partial charge in [-0.2, -0.15) is 12.6 Å². The Labute approximate surface area is 472 Å². The third-order valence-corrected chi connectivity index (χ3v) is 13.0. The Balaban J connectivity index is 2.44. The van der Waals surface area contributed by atoms with Crippen molar-refractivity contribution in [2.75, 3.05) is 18.8 Å². The van der Waals surface area contributed by atoms with Gasteiger partial charge in [-0.3, -0.25) is 43.2 Å². The van der Waals surface area contributed by atoms with Crippen molar-refractivity contribution < 1.29 is 68.4 Å². The fourth-order valence-corrected chi connectivity index (χ4v) is 8.48. The maximum absolute atomic E-state index is 14.4. The lowest BCUT2D eigenvalue weighted by Gasteiger charge is -2.29. The molecule has 8 amide bonds. The number of unbranched alkanes of at least 4 members (excludes halogenated alkanes) is 2. The molecular weight excluding hydrogens is 1060 g/mol. The van der Waals surface area contributed by atoms with Gasteiger partial charge in [0.1, 0.15) is 54.1 Å². The van der Waals surface area contributed by atoms with Crippen LogP contribution in [0.2, 0.25) is 0 Å². The lowest BCUT2D eigenvalue weighted by atomic mass is 10.0. The summed E-state index contributed by atoms with van der Waals surface area (Å²) in [6.45, 7) is 8.85. The molecule has 2 aromatic carbocycles. The van der Waals surface area contributed by atoms with Crippen LogP contribution in [0.25, 0.3) is 0 Å². The number of thiol groups is 1. The smallest absolute Gasteiger partial charge is 0.326 e. The van der Waals surface area contributed by atoms with E-state index in [9.17, 15) is 63.3 Å². The van der Waals surface area contributed by atoms with E-state index in [1.54, 1.807) is 58.0 Å². The molecule has 0 radical (unpaired) electrons. The van der Waals surface area contributed by atoms with Crippen molar-refractivity contribution in [1.29, 1.82) is 0 Å². The lowest BCUT2D eigenvalue weighted by Crippen LogP contribution is -2.62. The number of carbonyl (C=O) groups excluding carboxylic acids is 8. The topological polar surface area (TPSA) is 426 Å². The average Bonchev–Trinajstić information content (AvgIpc) is 3.39. The highest BCUT2D eigenvalue weighted by Gasteiger charge is 2.36. The molecule has 0 aliphatic heterocycles. The Kier molecular flexibility index (Phi) is 31.5. The van der Waals surface area contributed by atoms with Crippen LogP contribution in [-0.2, 0) is 60.8 Å². The second kappa shape index (κ2) is 36.4. The van der Waals surface area contributed by atoms with E-state index in [1.807, 2.05) is 0 Å². The molecule has 0 spiro atoms. The quantitative estimate of drug-likeness (QED) is 0.0283. The minimum Gasteiger partial charge on any atom is -0.508 e. The number of carboxylic acids is 2. The second-order valence-corrected chi connectivity index (χ2v) is 21.0. The van der Waals surface area contributed by atoms with Crippen LogP contribution in [0.3, 0.4) is 0 Å². The van der Waals surface area contributed by atoms with E-state index in [1.165, 1.54) is 31.2 Å². The Bertz CT molecular complexity index is 2330. The maximum atomic E-state index is 14.4. The van der Waals surface area contributed by atoms with E-state index in [0.717, 1.165) is 0 Å². The number of benzene rings is 2. The summed E-state index contributed by atoms with van der Waals surface area (Å²) in [7, 11) is 0. The van der Waals surface area contributed by atoms with Crippen LogP contribution in [-0.4, -0.2) is 159 Å². The van der Waals surface area contributed by atoms with Crippen molar-refractivity contribution >= 4 is 71.8 Å². The number of hydrogen-bond donors (Lipinski definition) is 16. The van der Waals surface area contributed by atoms with Gasteiger partial charge in [0.15, 0.2) is 0 Å². The summed E-state index contributed by atoms with van der Waals surface area (Å²) in [5, 5.41) is 60.2. The average molecular weight is 1140 g/mol. The predicted molar refractivity (Wildman–Crippen MR) is 300 cm³/mol. The second-order valence-electron chi connectivity index (χ2n) is 20.6. The number of phenolic OH excluding ortho intramolecular Hbond substituents is 1. The van der Waals surface area contributed by atoms with Crippen LogP contribution in [0, 0.1) is 11.8 Å². The minimum absolute atomic E-state index is 0.00639. The number of amides is 8. The van der Waals surface area contributed by atoms with Gasteiger partial charge in [0.05, 0.1) is 12.1 Å². The maximum Gasteiger partial charge on any atom is 0.326 e. The Morgan fingerprint density at radius 3 is 1.36 bits per heavy atom. The summed E-state index contributed by atoms with van der Waals surface area (Å²) in [6, 6.07) is 1.82. The summed E-state index contributed by atoms with van der Waals surface area (Å²) in [6.07, 6.45) is -0.752. The molecule has 0 aromatic heterocycles. The number of rotatable bonds is 38. The van der Waals surface area contributed by atoms with Gasteiger partial charge in [0.25, 0.3) is 0 Å². The van der Waals surface area contributed by atoms with Crippen molar-refractivity contribution in [2.45, 2.75) is 172 Å². The molecule has 0 fully saturated rings. The Morgan fingerprint density at radius 2 is 0.887 bits per heavy atom. The summed E-state index contributed by atoms with van der Waals surface area (Å²) in [5.41, 5.74) is 18.5. The molecule has 2 aromatic rings. The number of hydrogen-bond acceptors (Lipinski definition) is 16. The van der Waals surface area contributed by atoms with Crippen LogP contribution in [0.1, 0.15) is 110 Å². The van der Waals surface area contributed by atoms with Gasteiger partial charge in [-0.25, -0.2) is 4.79 Å². The summed E-state index contributed by atoms with van der Waals surface area (Å²) < 4.78 is 0. The minimum atomic E-state index is -1.70. The number of aliphatic carboxylic acids is 2. The Morgan fingerprint density at radius 1 is 0.487 bits per heavy atom. The number of carbonyl (C=O) groups is 10. The van der Waals surface area contributed by atoms with Crippen LogP contribution in [0.15, 0.2) is 54.6 Å². The summed E-state index contributed by atoms with van der Waals surface area (Å²) >= 11 is 4.29. The van der Waals surface area contributed by atoms with Crippen LogP contribution < -0.4 is 59.7 Å². The molecule has 0 heterocycles. The van der Waals surface area contributed by atoms with Gasteiger partial charge >= 0.3 is 11.9 Å². The first-order valence-corrected chi connectivity index (χ1v) is 27.6. The van der Waals surface area contributed by atoms with Crippen molar-refractivity contribution in [2.24, 2.45) is 29.0 Å². The molecule has 26 heteroatoms. The molecule has 0 aliphatic carbocycles. The number of aliphatic hydroxyl groups is 1. The molecule has 25 nitrogen and oxygen atoms in total. The normalized spacial score (nSPS) is 15.0. The van der Waals surface area contributed by atoms with Gasteiger partial charge in [-0.1, -0.05) is 70.2 Å². The zero-order valence-corrected chi connectivity index (χ0v) is 47.2. The lowest BCUT2D eigenvalue weighted by molar-refractivity contribution is -0.143. The molecule has 0 bridgehead atoms. The van der Waals surface area contributed by atoms with Gasteiger partial charge in [0, 0.05) is 25.0 Å². The van der Waals surface area contributed by atoms with Gasteiger partial charge in [-0.05, 0) is 113 Å². The predicted octanol–water partition coefficient (Wildman–Crippen LogP) is -1.01.